The maximum atomic E-state index is 13.4. The number of benzene rings is 1. The minimum Gasteiger partial charge on any atom is -0.299 e. The van der Waals surface area contributed by atoms with Crippen LogP contribution in [-0.2, 0) is 11.3 Å². The molecule has 1 aliphatic carbocycles. The minimum absolute atomic E-state index is 0.175. The van der Waals surface area contributed by atoms with Crippen molar-refractivity contribution in [3.05, 3.63) is 34.6 Å². The Kier molecular flexibility index (Phi) is 4.60. The summed E-state index contributed by atoms with van der Waals surface area (Å²) < 4.78 is 13.4. The molecule has 2 fully saturated rings. The first kappa shape index (κ1) is 15.0. The largest absolute Gasteiger partial charge is 0.299 e. The number of nitrogens with zero attached hydrogens (tertiary/aromatic N) is 1. The highest BCUT2D eigenvalue weighted by Gasteiger charge is 2.36. The van der Waals surface area contributed by atoms with Gasteiger partial charge in [0.15, 0.2) is 0 Å². The van der Waals surface area contributed by atoms with E-state index in [1.807, 2.05) is 0 Å². The van der Waals surface area contributed by atoms with Gasteiger partial charge in [-0.1, -0.05) is 18.0 Å². The predicted molar refractivity (Wildman–Crippen MR) is 81.8 cm³/mol. The molecule has 0 spiro atoms. The first-order chi connectivity index (χ1) is 10.1. The van der Waals surface area contributed by atoms with Gasteiger partial charge in [-0.15, -0.1) is 0 Å². The van der Waals surface area contributed by atoms with Crippen LogP contribution >= 0.6 is 11.6 Å². The average molecular weight is 310 g/mol. The molecule has 21 heavy (non-hydrogen) atoms. The van der Waals surface area contributed by atoms with E-state index >= 15 is 0 Å². The summed E-state index contributed by atoms with van der Waals surface area (Å²) in [6.45, 7) is 1.62. The SMILES string of the molecule is O=C1CCCCC1C1CCCN1Cc1cc(F)ccc1Cl. The predicted octanol–water partition coefficient (Wildman–Crippen LogP) is 4.20. The van der Waals surface area contributed by atoms with Crippen molar-refractivity contribution in [1.29, 1.82) is 0 Å². The van der Waals surface area contributed by atoms with Gasteiger partial charge >= 0.3 is 0 Å². The lowest BCUT2D eigenvalue weighted by atomic mass is 9.82. The zero-order valence-corrected chi connectivity index (χ0v) is 12.9. The van der Waals surface area contributed by atoms with Gasteiger partial charge in [-0.05, 0) is 56.0 Å². The Balaban J connectivity index is 1.74. The van der Waals surface area contributed by atoms with Crippen LogP contribution in [0.25, 0.3) is 0 Å². The lowest BCUT2D eigenvalue weighted by Gasteiger charge is -2.33. The molecule has 0 N–H and O–H groups in total. The fraction of sp³-hybridized carbons (Fsp3) is 0.588. The standard InChI is InChI=1S/C17H21ClFNO/c18-15-8-7-13(19)10-12(15)11-20-9-3-5-16(20)14-4-1-2-6-17(14)21/h7-8,10,14,16H,1-6,9,11H2. The molecular formula is C17H21ClFNO. The molecule has 0 aromatic heterocycles. The fourth-order valence-corrected chi connectivity index (χ4v) is 3.98. The van der Waals surface area contributed by atoms with Crippen molar-refractivity contribution >= 4 is 17.4 Å². The van der Waals surface area contributed by atoms with Crippen LogP contribution in [0.5, 0.6) is 0 Å². The summed E-state index contributed by atoms with van der Waals surface area (Å²) >= 11 is 6.18. The van der Waals surface area contributed by atoms with Crippen LogP contribution in [0.1, 0.15) is 44.1 Å². The number of ketones is 1. The molecular weight excluding hydrogens is 289 g/mol. The molecule has 0 radical (unpaired) electrons. The van der Waals surface area contributed by atoms with E-state index in [9.17, 15) is 9.18 Å². The van der Waals surface area contributed by atoms with Gasteiger partial charge in [0.1, 0.15) is 11.6 Å². The third-order valence-electron chi connectivity index (χ3n) is 4.86. The summed E-state index contributed by atoms with van der Waals surface area (Å²) in [5, 5.41) is 0.608. The van der Waals surface area contributed by atoms with Crippen molar-refractivity contribution in [3.63, 3.8) is 0 Å². The Labute approximate surface area is 130 Å². The van der Waals surface area contributed by atoms with Gasteiger partial charge in [0.2, 0.25) is 0 Å². The molecule has 1 heterocycles. The molecule has 2 unspecified atom stereocenters. The molecule has 2 atom stereocenters. The van der Waals surface area contributed by atoms with E-state index in [1.54, 1.807) is 6.07 Å². The Morgan fingerprint density at radius 2 is 2.10 bits per heavy atom. The van der Waals surface area contributed by atoms with Gasteiger partial charge in [0.25, 0.3) is 0 Å². The van der Waals surface area contributed by atoms with Gasteiger partial charge in [-0.25, -0.2) is 4.39 Å². The number of rotatable bonds is 3. The van der Waals surface area contributed by atoms with E-state index < -0.39 is 0 Å². The Morgan fingerprint density at radius 3 is 2.90 bits per heavy atom. The topological polar surface area (TPSA) is 20.3 Å². The Morgan fingerprint density at radius 1 is 1.24 bits per heavy atom. The van der Waals surface area contributed by atoms with Crippen LogP contribution < -0.4 is 0 Å². The average Bonchev–Trinajstić information content (AvgIpc) is 2.91. The summed E-state index contributed by atoms with van der Waals surface area (Å²) in [5.41, 5.74) is 0.826. The van der Waals surface area contributed by atoms with Crippen molar-refractivity contribution in [2.75, 3.05) is 6.54 Å². The molecule has 114 valence electrons. The zero-order chi connectivity index (χ0) is 14.8. The van der Waals surface area contributed by atoms with Crippen LogP contribution in [0.15, 0.2) is 18.2 Å². The highest BCUT2D eigenvalue weighted by atomic mass is 35.5. The zero-order valence-electron chi connectivity index (χ0n) is 12.2. The lowest BCUT2D eigenvalue weighted by molar-refractivity contribution is -0.126. The third-order valence-corrected chi connectivity index (χ3v) is 5.23. The molecule has 4 heteroatoms. The normalized spacial score (nSPS) is 27.2. The molecule has 3 rings (SSSR count). The van der Waals surface area contributed by atoms with E-state index in [0.29, 0.717) is 23.4 Å². The molecule has 1 saturated heterocycles. The molecule has 1 aromatic rings. The second kappa shape index (κ2) is 6.45. The molecule has 1 aliphatic heterocycles. The van der Waals surface area contributed by atoms with Crippen molar-refractivity contribution in [3.8, 4) is 0 Å². The van der Waals surface area contributed by atoms with Gasteiger partial charge in [-0.3, -0.25) is 9.69 Å². The summed E-state index contributed by atoms with van der Waals surface area (Å²) in [4.78, 5) is 14.5. The number of carbonyl (C=O) groups is 1. The number of likely N-dealkylation sites (tertiary alicyclic amines) is 1. The summed E-state index contributed by atoms with van der Waals surface area (Å²) in [6.07, 6.45) is 6.12. The van der Waals surface area contributed by atoms with Gasteiger partial charge in [0.05, 0.1) is 0 Å². The van der Waals surface area contributed by atoms with E-state index in [4.69, 9.17) is 11.6 Å². The smallest absolute Gasteiger partial charge is 0.137 e. The van der Waals surface area contributed by atoms with E-state index in [-0.39, 0.29) is 11.7 Å². The van der Waals surface area contributed by atoms with Crippen LogP contribution in [0.2, 0.25) is 5.02 Å². The molecule has 1 aromatic carbocycles. The number of hydrogen-bond donors (Lipinski definition) is 0. The summed E-state index contributed by atoms with van der Waals surface area (Å²) in [6, 6.07) is 4.83. The number of hydrogen-bond acceptors (Lipinski definition) is 2. The number of carbonyl (C=O) groups excluding carboxylic acids is 1. The van der Waals surface area contributed by atoms with Crippen LogP contribution in [0, 0.1) is 11.7 Å². The molecule has 0 bridgehead atoms. The molecule has 2 aliphatic rings. The monoisotopic (exact) mass is 309 g/mol. The van der Waals surface area contributed by atoms with E-state index in [1.165, 1.54) is 12.1 Å². The highest BCUT2D eigenvalue weighted by molar-refractivity contribution is 6.31. The van der Waals surface area contributed by atoms with Gasteiger partial charge in [-0.2, -0.15) is 0 Å². The molecule has 2 nitrogen and oxygen atoms in total. The van der Waals surface area contributed by atoms with Crippen molar-refractivity contribution in [2.45, 2.75) is 51.1 Å². The lowest BCUT2D eigenvalue weighted by Crippen LogP contribution is -2.40. The van der Waals surface area contributed by atoms with Gasteiger partial charge < -0.3 is 0 Å². The van der Waals surface area contributed by atoms with Crippen LogP contribution in [0.4, 0.5) is 4.39 Å². The summed E-state index contributed by atoms with van der Waals surface area (Å²) in [5.74, 6) is 0.343. The second-order valence-electron chi connectivity index (χ2n) is 6.23. The molecule has 1 saturated carbocycles. The number of Topliss-reactive ketones (excluding diaryl/α,β-unsaturated/α-hetero) is 1. The first-order valence-corrected chi connectivity index (χ1v) is 8.23. The van der Waals surface area contributed by atoms with Gasteiger partial charge in [0, 0.05) is 29.9 Å². The fourth-order valence-electron chi connectivity index (χ4n) is 3.80. The second-order valence-corrected chi connectivity index (χ2v) is 6.64. The Hall–Kier alpha value is -0.930. The van der Waals surface area contributed by atoms with Crippen molar-refractivity contribution < 1.29 is 9.18 Å². The summed E-state index contributed by atoms with van der Waals surface area (Å²) in [7, 11) is 0. The first-order valence-electron chi connectivity index (χ1n) is 7.86. The quantitative estimate of drug-likeness (QED) is 0.834. The maximum Gasteiger partial charge on any atom is 0.137 e. The third kappa shape index (κ3) is 3.29. The van der Waals surface area contributed by atoms with E-state index in [2.05, 4.69) is 4.90 Å². The minimum atomic E-state index is -0.251. The maximum absolute atomic E-state index is 13.4. The number of halogens is 2. The van der Waals surface area contributed by atoms with E-state index in [0.717, 1.165) is 50.6 Å². The van der Waals surface area contributed by atoms with Crippen LogP contribution in [0.3, 0.4) is 0 Å². The Bertz CT molecular complexity index is 534. The van der Waals surface area contributed by atoms with Crippen molar-refractivity contribution in [1.82, 2.24) is 4.90 Å². The van der Waals surface area contributed by atoms with Crippen LogP contribution in [-0.4, -0.2) is 23.3 Å². The molecule has 0 amide bonds. The highest BCUT2D eigenvalue weighted by Crippen LogP contribution is 2.34. The van der Waals surface area contributed by atoms with Crippen molar-refractivity contribution in [2.24, 2.45) is 5.92 Å².